The van der Waals surface area contributed by atoms with Crippen LogP contribution in [0.25, 0.3) is 0 Å². The van der Waals surface area contributed by atoms with Crippen molar-refractivity contribution in [3.63, 3.8) is 0 Å². The molecule has 0 amide bonds. The first kappa shape index (κ1) is 11.1. The van der Waals surface area contributed by atoms with Gasteiger partial charge in [-0.05, 0) is 20.8 Å². The molecular formula is C9H17N3O2. The van der Waals surface area contributed by atoms with Gasteiger partial charge in [0.15, 0.2) is 0 Å². The number of hydrogen-bond acceptors (Lipinski definition) is 5. The van der Waals surface area contributed by atoms with Crippen LogP contribution in [0.4, 0.5) is 0 Å². The lowest BCUT2D eigenvalue weighted by Gasteiger charge is -2.19. The molecule has 1 rings (SSSR count). The van der Waals surface area contributed by atoms with Crippen LogP contribution in [0, 0.1) is 0 Å². The number of ether oxygens (including phenoxy) is 1. The van der Waals surface area contributed by atoms with Crippen LogP contribution in [0.1, 0.15) is 32.5 Å². The van der Waals surface area contributed by atoms with E-state index in [0.717, 1.165) is 0 Å². The fourth-order valence-electron chi connectivity index (χ4n) is 1.15. The van der Waals surface area contributed by atoms with Crippen molar-refractivity contribution in [2.75, 3.05) is 13.2 Å². The molecule has 80 valence electrons. The predicted octanol–water partition coefficient (Wildman–Crippen LogP) is 0.842. The molecule has 5 nitrogen and oxygen atoms in total. The van der Waals surface area contributed by atoms with Gasteiger partial charge in [-0.3, -0.25) is 0 Å². The third kappa shape index (κ3) is 2.52. The first-order valence-electron chi connectivity index (χ1n) is 4.77. The smallest absolute Gasteiger partial charge is 0.228 e. The molecule has 0 aliphatic carbocycles. The van der Waals surface area contributed by atoms with Crippen molar-refractivity contribution >= 4 is 0 Å². The van der Waals surface area contributed by atoms with Gasteiger partial charge in [0.05, 0.1) is 0 Å². The molecule has 1 aromatic heterocycles. The Hall–Kier alpha value is -0.940. The zero-order valence-electron chi connectivity index (χ0n) is 8.91. The van der Waals surface area contributed by atoms with Crippen LogP contribution in [0.15, 0.2) is 4.52 Å². The van der Waals surface area contributed by atoms with Crippen LogP contribution in [0.2, 0.25) is 0 Å². The summed E-state index contributed by atoms with van der Waals surface area (Å²) in [7, 11) is 0. The van der Waals surface area contributed by atoms with Crippen LogP contribution in [-0.4, -0.2) is 23.3 Å². The second kappa shape index (κ2) is 4.52. The summed E-state index contributed by atoms with van der Waals surface area (Å²) < 4.78 is 10.5. The van der Waals surface area contributed by atoms with Crippen molar-refractivity contribution < 1.29 is 9.26 Å². The van der Waals surface area contributed by atoms with E-state index in [2.05, 4.69) is 10.1 Å². The molecule has 0 aliphatic rings. The minimum atomic E-state index is -0.495. The van der Waals surface area contributed by atoms with E-state index in [1.165, 1.54) is 0 Å². The van der Waals surface area contributed by atoms with Crippen molar-refractivity contribution in [3.8, 4) is 0 Å². The molecule has 0 saturated heterocycles. The van der Waals surface area contributed by atoms with Gasteiger partial charge in [-0.1, -0.05) is 5.16 Å². The van der Waals surface area contributed by atoms with E-state index < -0.39 is 5.60 Å². The van der Waals surface area contributed by atoms with Crippen molar-refractivity contribution in [2.24, 2.45) is 5.73 Å². The molecule has 0 fully saturated rings. The van der Waals surface area contributed by atoms with Crippen LogP contribution >= 0.6 is 0 Å². The highest BCUT2D eigenvalue weighted by molar-refractivity contribution is 4.97. The van der Waals surface area contributed by atoms with Gasteiger partial charge in [-0.15, -0.1) is 0 Å². The zero-order chi connectivity index (χ0) is 10.6. The molecule has 0 aliphatic heterocycles. The Balaban J connectivity index is 2.74. The molecule has 2 N–H and O–H groups in total. The van der Waals surface area contributed by atoms with E-state index in [9.17, 15) is 0 Å². The molecule has 5 heteroatoms. The monoisotopic (exact) mass is 199 g/mol. The zero-order valence-corrected chi connectivity index (χ0v) is 8.91. The van der Waals surface area contributed by atoms with Gasteiger partial charge in [0.1, 0.15) is 5.60 Å². The van der Waals surface area contributed by atoms with Gasteiger partial charge < -0.3 is 15.0 Å². The average Bonchev–Trinajstić information content (AvgIpc) is 2.54. The Bertz CT molecular complexity index is 283. The van der Waals surface area contributed by atoms with Crippen LogP contribution in [-0.2, 0) is 16.8 Å². The van der Waals surface area contributed by atoms with E-state index in [0.29, 0.717) is 31.3 Å². The van der Waals surface area contributed by atoms with Crippen molar-refractivity contribution in [1.29, 1.82) is 0 Å². The molecule has 0 bridgehead atoms. The molecule has 14 heavy (non-hydrogen) atoms. The lowest BCUT2D eigenvalue weighted by molar-refractivity contribution is -0.0221. The third-order valence-corrected chi connectivity index (χ3v) is 1.87. The largest absolute Gasteiger partial charge is 0.368 e. The molecule has 0 spiro atoms. The molecule has 1 heterocycles. The van der Waals surface area contributed by atoms with Crippen molar-refractivity contribution in [1.82, 2.24) is 10.1 Å². The van der Waals surface area contributed by atoms with Gasteiger partial charge in [0.2, 0.25) is 11.7 Å². The fourth-order valence-corrected chi connectivity index (χ4v) is 1.15. The number of nitrogens with zero attached hydrogens (tertiary/aromatic N) is 2. The summed E-state index contributed by atoms with van der Waals surface area (Å²) in [5, 5.41) is 3.86. The summed E-state index contributed by atoms with van der Waals surface area (Å²) in [4.78, 5) is 4.21. The van der Waals surface area contributed by atoms with E-state index in [1.807, 2.05) is 20.8 Å². The Morgan fingerprint density at radius 1 is 1.50 bits per heavy atom. The summed E-state index contributed by atoms with van der Waals surface area (Å²) in [6.07, 6.45) is 0.606. The van der Waals surface area contributed by atoms with Crippen LogP contribution < -0.4 is 5.73 Å². The predicted molar refractivity (Wildman–Crippen MR) is 51.7 cm³/mol. The molecule has 0 radical (unpaired) electrons. The molecule has 0 aromatic carbocycles. The van der Waals surface area contributed by atoms with Gasteiger partial charge in [-0.2, -0.15) is 4.98 Å². The topological polar surface area (TPSA) is 74.2 Å². The van der Waals surface area contributed by atoms with Crippen LogP contribution in [0.3, 0.4) is 0 Å². The Labute approximate surface area is 83.6 Å². The quantitative estimate of drug-likeness (QED) is 0.760. The highest BCUT2D eigenvalue weighted by atomic mass is 16.5. The average molecular weight is 199 g/mol. The molecule has 0 saturated carbocycles. The Kier molecular flexibility index (Phi) is 3.60. The minimum Gasteiger partial charge on any atom is -0.368 e. The lowest BCUT2D eigenvalue weighted by atomic mass is 10.1. The highest BCUT2D eigenvalue weighted by Crippen LogP contribution is 2.21. The summed E-state index contributed by atoms with van der Waals surface area (Å²) >= 11 is 0. The van der Waals surface area contributed by atoms with E-state index in [1.54, 1.807) is 0 Å². The molecule has 0 atom stereocenters. The summed E-state index contributed by atoms with van der Waals surface area (Å²) in [5.74, 6) is 1.14. The van der Waals surface area contributed by atoms with E-state index in [4.69, 9.17) is 15.0 Å². The third-order valence-electron chi connectivity index (χ3n) is 1.87. The summed E-state index contributed by atoms with van der Waals surface area (Å²) in [5.41, 5.74) is 4.88. The maximum absolute atomic E-state index is 5.49. The number of rotatable bonds is 5. The Morgan fingerprint density at radius 2 is 2.21 bits per heavy atom. The maximum atomic E-state index is 5.49. The normalized spacial score (nSPS) is 12.0. The second-order valence-electron chi connectivity index (χ2n) is 3.49. The lowest BCUT2D eigenvalue weighted by Crippen LogP contribution is -2.23. The van der Waals surface area contributed by atoms with Gasteiger partial charge in [0.25, 0.3) is 0 Å². The van der Waals surface area contributed by atoms with Crippen molar-refractivity contribution in [2.45, 2.75) is 32.8 Å². The number of nitrogens with two attached hydrogens (primary N) is 1. The highest BCUT2D eigenvalue weighted by Gasteiger charge is 2.26. The van der Waals surface area contributed by atoms with Crippen molar-refractivity contribution in [3.05, 3.63) is 11.7 Å². The molecular weight excluding hydrogens is 182 g/mol. The SMILES string of the molecule is CCOC(C)(C)c1noc(CCN)n1. The number of hydrogen-bond donors (Lipinski definition) is 1. The van der Waals surface area contributed by atoms with E-state index >= 15 is 0 Å². The first-order valence-corrected chi connectivity index (χ1v) is 4.77. The number of aromatic nitrogens is 2. The minimum absolute atomic E-state index is 0.495. The molecule has 0 unspecified atom stereocenters. The summed E-state index contributed by atoms with van der Waals surface area (Å²) in [6.45, 7) is 6.88. The first-order chi connectivity index (χ1) is 6.60. The Morgan fingerprint density at radius 3 is 2.79 bits per heavy atom. The summed E-state index contributed by atoms with van der Waals surface area (Å²) in [6, 6.07) is 0. The standard InChI is InChI=1S/C9H17N3O2/c1-4-13-9(2,3)8-11-7(5-6-10)14-12-8/h4-6,10H2,1-3H3. The fraction of sp³-hybridized carbons (Fsp3) is 0.778. The van der Waals surface area contributed by atoms with Gasteiger partial charge >= 0.3 is 0 Å². The van der Waals surface area contributed by atoms with Gasteiger partial charge in [-0.25, -0.2) is 0 Å². The van der Waals surface area contributed by atoms with Crippen LogP contribution in [0.5, 0.6) is 0 Å². The van der Waals surface area contributed by atoms with E-state index in [-0.39, 0.29) is 0 Å². The van der Waals surface area contributed by atoms with Gasteiger partial charge in [0, 0.05) is 19.6 Å². The maximum Gasteiger partial charge on any atom is 0.228 e. The second-order valence-corrected chi connectivity index (χ2v) is 3.49. The molecule has 1 aromatic rings.